The van der Waals surface area contributed by atoms with E-state index in [9.17, 15) is 0 Å². The van der Waals surface area contributed by atoms with E-state index in [4.69, 9.17) is 9.47 Å². The van der Waals surface area contributed by atoms with Crippen molar-refractivity contribution in [2.24, 2.45) is 0 Å². The van der Waals surface area contributed by atoms with Gasteiger partial charge in [0.15, 0.2) is 11.5 Å². The van der Waals surface area contributed by atoms with Crippen LogP contribution in [0.5, 0.6) is 11.5 Å². The third-order valence-corrected chi connectivity index (χ3v) is 4.30. The molecule has 23 heavy (non-hydrogen) atoms. The van der Waals surface area contributed by atoms with Gasteiger partial charge in [-0.15, -0.1) is 0 Å². The number of benzene rings is 2. The molecule has 0 saturated carbocycles. The molecule has 0 spiro atoms. The molecule has 2 aromatic carbocycles. The topological polar surface area (TPSA) is 43.4 Å². The van der Waals surface area contributed by atoms with Gasteiger partial charge in [0.2, 0.25) is 0 Å². The van der Waals surface area contributed by atoms with E-state index in [1.54, 1.807) is 20.4 Å². The second-order valence-electron chi connectivity index (χ2n) is 5.19. The highest BCUT2D eigenvalue weighted by Crippen LogP contribution is 2.38. The Kier molecular flexibility index (Phi) is 4.39. The zero-order valence-corrected chi connectivity index (χ0v) is 14.8. The van der Waals surface area contributed by atoms with Gasteiger partial charge in [0.05, 0.1) is 25.4 Å². The van der Waals surface area contributed by atoms with E-state index in [1.165, 1.54) is 5.56 Å². The van der Waals surface area contributed by atoms with Crippen LogP contribution in [0, 0.1) is 6.92 Å². The van der Waals surface area contributed by atoms with Crippen molar-refractivity contribution < 1.29 is 9.47 Å². The summed E-state index contributed by atoms with van der Waals surface area (Å²) in [7, 11) is 3.25. The van der Waals surface area contributed by atoms with Crippen LogP contribution >= 0.6 is 15.9 Å². The van der Waals surface area contributed by atoms with Gasteiger partial charge in [-0.25, -0.2) is 0 Å². The number of ether oxygens (including phenoxy) is 2. The number of nitrogens with zero attached hydrogens (tertiary/aromatic N) is 1. The maximum absolute atomic E-state index is 5.37. The quantitative estimate of drug-likeness (QED) is 0.694. The number of aryl methyl sites for hydroxylation is 1. The lowest BCUT2D eigenvalue weighted by Crippen LogP contribution is -1.97. The smallest absolute Gasteiger partial charge is 0.162 e. The molecule has 0 unspecified atom stereocenters. The number of pyridine rings is 1. The Balaban J connectivity index is 2.06. The monoisotopic (exact) mass is 372 g/mol. The summed E-state index contributed by atoms with van der Waals surface area (Å²) in [6.07, 6.45) is 1.80. The third-order valence-electron chi connectivity index (χ3n) is 3.64. The molecule has 0 saturated heterocycles. The zero-order chi connectivity index (χ0) is 16.4. The number of halogens is 1. The van der Waals surface area contributed by atoms with Crippen molar-refractivity contribution in [1.82, 2.24) is 4.98 Å². The first-order valence-corrected chi connectivity index (χ1v) is 7.95. The zero-order valence-electron chi connectivity index (χ0n) is 13.2. The Morgan fingerprint density at radius 3 is 2.43 bits per heavy atom. The molecule has 118 valence electrons. The van der Waals surface area contributed by atoms with E-state index in [0.29, 0.717) is 11.5 Å². The minimum atomic E-state index is 0.674. The minimum Gasteiger partial charge on any atom is -0.493 e. The SMILES string of the molecule is COc1cc(Br)c(Nc2ccnc3cc(C)ccc23)cc1OC. The van der Waals surface area contributed by atoms with Gasteiger partial charge in [-0.05, 0) is 40.5 Å². The van der Waals surface area contributed by atoms with Crippen LogP contribution < -0.4 is 14.8 Å². The Bertz CT molecular complexity index is 865. The highest BCUT2D eigenvalue weighted by Gasteiger charge is 2.11. The molecule has 0 atom stereocenters. The molecule has 0 bridgehead atoms. The number of aromatic nitrogens is 1. The molecule has 0 amide bonds. The van der Waals surface area contributed by atoms with E-state index in [0.717, 1.165) is 26.8 Å². The number of nitrogens with one attached hydrogen (secondary N) is 1. The number of hydrogen-bond donors (Lipinski definition) is 1. The van der Waals surface area contributed by atoms with E-state index in [-0.39, 0.29) is 0 Å². The van der Waals surface area contributed by atoms with Crippen LogP contribution in [0.3, 0.4) is 0 Å². The molecule has 0 aliphatic carbocycles. The lowest BCUT2D eigenvalue weighted by molar-refractivity contribution is 0.355. The second-order valence-corrected chi connectivity index (χ2v) is 6.05. The van der Waals surface area contributed by atoms with Gasteiger partial charge in [-0.2, -0.15) is 0 Å². The predicted molar refractivity (Wildman–Crippen MR) is 97.0 cm³/mol. The number of rotatable bonds is 4. The van der Waals surface area contributed by atoms with Gasteiger partial charge in [-0.1, -0.05) is 12.1 Å². The molecule has 0 aliphatic rings. The fourth-order valence-electron chi connectivity index (χ4n) is 2.46. The molecule has 3 rings (SSSR count). The standard InChI is InChI=1S/C18H17BrN2O2/c1-11-4-5-12-14(6-7-20-15(12)8-11)21-16-10-18(23-3)17(22-2)9-13(16)19/h4-10H,1-3H3,(H,20,21). The Hall–Kier alpha value is -2.27. The van der Waals surface area contributed by atoms with Crippen molar-refractivity contribution in [1.29, 1.82) is 0 Å². The summed E-state index contributed by atoms with van der Waals surface area (Å²) in [4.78, 5) is 4.43. The normalized spacial score (nSPS) is 10.6. The van der Waals surface area contributed by atoms with Gasteiger partial charge in [-0.3, -0.25) is 4.98 Å². The van der Waals surface area contributed by atoms with E-state index in [2.05, 4.69) is 51.4 Å². The summed E-state index contributed by atoms with van der Waals surface area (Å²) in [5.41, 5.74) is 4.04. The van der Waals surface area contributed by atoms with Gasteiger partial charge < -0.3 is 14.8 Å². The van der Waals surface area contributed by atoms with Crippen molar-refractivity contribution in [3.63, 3.8) is 0 Å². The van der Waals surface area contributed by atoms with Gasteiger partial charge in [0.1, 0.15) is 0 Å². The van der Waals surface area contributed by atoms with Crippen LogP contribution in [0.15, 0.2) is 47.1 Å². The van der Waals surface area contributed by atoms with Crippen molar-refractivity contribution in [3.8, 4) is 11.5 Å². The first-order chi connectivity index (χ1) is 11.1. The maximum Gasteiger partial charge on any atom is 0.162 e. The Morgan fingerprint density at radius 1 is 0.957 bits per heavy atom. The predicted octanol–water partition coefficient (Wildman–Crippen LogP) is 5.07. The molecule has 3 aromatic rings. The lowest BCUT2D eigenvalue weighted by atomic mass is 10.1. The molecule has 0 fully saturated rings. The van der Waals surface area contributed by atoms with E-state index in [1.807, 2.05) is 18.2 Å². The maximum atomic E-state index is 5.37. The van der Waals surface area contributed by atoms with Crippen LogP contribution in [0.25, 0.3) is 10.9 Å². The fraction of sp³-hybridized carbons (Fsp3) is 0.167. The molecule has 5 heteroatoms. The summed E-state index contributed by atoms with van der Waals surface area (Å²) >= 11 is 3.57. The third kappa shape index (κ3) is 3.10. The largest absolute Gasteiger partial charge is 0.493 e. The first-order valence-electron chi connectivity index (χ1n) is 7.16. The number of anilines is 2. The molecule has 1 N–H and O–H groups in total. The summed E-state index contributed by atoms with van der Waals surface area (Å²) in [5, 5.41) is 4.51. The molecule has 1 aromatic heterocycles. The summed E-state index contributed by atoms with van der Waals surface area (Å²) in [6.45, 7) is 2.06. The number of fused-ring (bicyclic) bond motifs is 1. The van der Waals surface area contributed by atoms with E-state index < -0.39 is 0 Å². The summed E-state index contributed by atoms with van der Waals surface area (Å²) in [5.74, 6) is 1.35. The Morgan fingerprint density at radius 2 is 1.70 bits per heavy atom. The number of hydrogen-bond acceptors (Lipinski definition) is 4. The molecule has 0 aliphatic heterocycles. The average molecular weight is 373 g/mol. The van der Waals surface area contributed by atoms with Crippen LogP contribution in [0.1, 0.15) is 5.56 Å². The molecular formula is C18H17BrN2O2. The van der Waals surface area contributed by atoms with E-state index >= 15 is 0 Å². The van der Waals surface area contributed by atoms with Crippen molar-refractivity contribution in [2.45, 2.75) is 6.92 Å². The van der Waals surface area contributed by atoms with Crippen molar-refractivity contribution in [3.05, 3.63) is 52.6 Å². The van der Waals surface area contributed by atoms with Crippen LogP contribution in [-0.2, 0) is 0 Å². The highest BCUT2D eigenvalue weighted by molar-refractivity contribution is 9.10. The molecular weight excluding hydrogens is 356 g/mol. The Labute approximate surface area is 143 Å². The second kappa shape index (κ2) is 6.46. The first kappa shape index (κ1) is 15.6. The highest BCUT2D eigenvalue weighted by atomic mass is 79.9. The van der Waals surface area contributed by atoms with Crippen LogP contribution in [0.2, 0.25) is 0 Å². The molecule has 1 heterocycles. The van der Waals surface area contributed by atoms with Crippen LogP contribution in [0.4, 0.5) is 11.4 Å². The minimum absolute atomic E-state index is 0.674. The molecule has 0 radical (unpaired) electrons. The van der Waals surface area contributed by atoms with Gasteiger partial charge in [0.25, 0.3) is 0 Å². The molecule has 4 nitrogen and oxygen atoms in total. The average Bonchev–Trinajstić information content (AvgIpc) is 2.56. The number of methoxy groups -OCH3 is 2. The van der Waals surface area contributed by atoms with Crippen molar-refractivity contribution >= 4 is 38.2 Å². The summed E-state index contributed by atoms with van der Waals surface area (Å²) in [6, 6.07) is 12.0. The van der Waals surface area contributed by atoms with Gasteiger partial charge in [0, 0.05) is 33.9 Å². The fourth-order valence-corrected chi connectivity index (χ4v) is 2.88. The van der Waals surface area contributed by atoms with Crippen molar-refractivity contribution in [2.75, 3.05) is 19.5 Å². The lowest BCUT2D eigenvalue weighted by Gasteiger charge is -2.15. The summed E-state index contributed by atoms with van der Waals surface area (Å²) < 4.78 is 11.6. The van der Waals surface area contributed by atoms with Gasteiger partial charge >= 0.3 is 0 Å². The van der Waals surface area contributed by atoms with Crippen LogP contribution in [-0.4, -0.2) is 19.2 Å².